The normalized spacial score (nSPS) is 14.1. The molecule has 1 saturated heterocycles. The van der Waals surface area contributed by atoms with Crippen molar-refractivity contribution >= 4 is 40.9 Å². The van der Waals surface area contributed by atoms with Gasteiger partial charge in [-0.1, -0.05) is 29.8 Å². The lowest BCUT2D eigenvalue weighted by molar-refractivity contribution is -0.117. The van der Waals surface area contributed by atoms with Gasteiger partial charge in [-0.15, -0.1) is 11.8 Å². The number of nitrogens with one attached hydrogen (secondary N) is 1. The molecule has 3 aromatic rings. The van der Waals surface area contributed by atoms with Crippen molar-refractivity contribution in [3.05, 3.63) is 88.8 Å². The molecule has 1 aromatic heterocycles. The van der Waals surface area contributed by atoms with E-state index >= 15 is 0 Å². The minimum atomic E-state index is -0.477. The number of anilines is 1. The Labute approximate surface area is 207 Å². The second-order valence-corrected chi connectivity index (χ2v) is 9.30. The van der Waals surface area contributed by atoms with Crippen LogP contribution in [0.15, 0.2) is 71.9 Å². The molecular weight excluding hydrogens is 475 g/mol. The third kappa shape index (κ3) is 6.56. The number of hydrogen-bond acceptors (Lipinski definition) is 5. The zero-order valence-electron chi connectivity index (χ0n) is 18.4. The van der Waals surface area contributed by atoms with Crippen molar-refractivity contribution in [2.75, 3.05) is 38.0 Å². The first-order valence-electron chi connectivity index (χ1n) is 10.9. The van der Waals surface area contributed by atoms with Gasteiger partial charge in [-0.25, -0.2) is 9.37 Å². The number of amides is 2. The number of aromatic nitrogens is 1. The number of hydrogen-bond donors (Lipinski definition) is 1. The van der Waals surface area contributed by atoms with Gasteiger partial charge in [-0.05, 0) is 48.0 Å². The zero-order chi connectivity index (χ0) is 23.9. The molecule has 2 aromatic carbocycles. The van der Waals surface area contributed by atoms with Crippen LogP contribution < -0.4 is 5.32 Å². The summed E-state index contributed by atoms with van der Waals surface area (Å²) in [5.41, 5.74) is 2.14. The molecule has 1 aliphatic heterocycles. The summed E-state index contributed by atoms with van der Waals surface area (Å²) >= 11 is 7.67. The quantitative estimate of drug-likeness (QED) is 0.484. The molecule has 9 heteroatoms. The maximum Gasteiger partial charge on any atom is 0.255 e. The Morgan fingerprint density at radius 2 is 1.85 bits per heavy atom. The second kappa shape index (κ2) is 11.5. The van der Waals surface area contributed by atoms with Gasteiger partial charge in [0.05, 0.1) is 22.2 Å². The van der Waals surface area contributed by atoms with Gasteiger partial charge < -0.3 is 10.2 Å². The van der Waals surface area contributed by atoms with Crippen LogP contribution >= 0.6 is 23.4 Å². The Balaban J connectivity index is 1.24. The van der Waals surface area contributed by atoms with E-state index in [1.54, 1.807) is 22.9 Å². The largest absolute Gasteiger partial charge is 0.336 e. The molecule has 0 spiro atoms. The first-order valence-corrected chi connectivity index (χ1v) is 12.2. The van der Waals surface area contributed by atoms with Crippen LogP contribution in [0.3, 0.4) is 0 Å². The predicted octanol–water partition coefficient (Wildman–Crippen LogP) is 4.56. The fraction of sp³-hybridized carbons (Fsp3) is 0.240. The SMILES string of the molecule is O=C(CN1CCN(C(=O)c2ccc(F)cc2Cl)CC1)Nc1cccc(CSc2ccccn2)c1. The van der Waals surface area contributed by atoms with E-state index in [0.29, 0.717) is 26.2 Å². The highest BCUT2D eigenvalue weighted by atomic mass is 35.5. The molecule has 0 radical (unpaired) electrons. The Morgan fingerprint density at radius 3 is 2.59 bits per heavy atom. The van der Waals surface area contributed by atoms with Crippen molar-refractivity contribution in [3.8, 4) is 0 Å². The molecule has 0 unspecified atom stereocenters. The van der Waals surface area contributed by atoms with E-state index in [1.165, 1.54) is 12.1 Å². The Morgan fingerprint density at radius 1 is 1.03 bits per heavy atom. The van der Waals surface area contributed by atoms with Crippen molar-refractivity contribution in [1.82, 2.24) is 14.8 Å². The van der Waals surface area contributed by atoms with Gasteiger partial charge in [0.25, 0.3) is 5.91 Å². The number of rotatable bonds is 7. The van der Waals surface area contributed by atoms with Crippen LogP contribution in [0.2, 0.25) is 5.02 Å². The summed E-state index contributed by atoms with van der Waals surface area (Å²) in [5, 5.41) is 4.02. The zero-order valence-corrected chi connectivity index (χ0v) is 20.0. The van der Waals surface area contributed by atoms with Crippen LogP contribution in [0.4, 0.5) is 10.1 Å². The molecule has 0 bridgehead atoms. The average Bonchev–Trinajstić information content (AvgIpc) is 2.84. The molecule has 176 valence electrons. The summed E-state index contributed by atoms with van der Waals surface area (Å²) in [4.78, 5) is 33.3. The third-order valence-corrected chi connectivity index (χ3v) is 6.75. The summed E-state index contributed by atoms with van der Waals surface area (Å²) in [6, 6.07) is 17.4. The lowest BCUT2D eigenvalue weighted by atomic mass is 10.1. The van der Waals surface area contributed by atoms with E-state index in [0.717, 1.165) is 28.1 Å². The topological polar surface area (TPSA) is 65.5 Å². The summed E-state index contributed by atoms with van der Waals surface area (Å²) in [5.74, 6) is -0.0466. The molecule has 2 amide bonds. The van der Waals surface area contributed by atoms with Gasteiger partial charge in [0.1, 0.15) is 5.82 Å². The van der Waals surface area contributed by atoms with Gasteiger partial charge in [0.15, 0.2) is 0 Å². The monoisotopic (exact) mass is 498 g/mol. The Hall–Kier alpha value is -2.94. The molecule has 1 N–H and O–H groups in total. The molecule has 2 heterocycles. The molecular formula is C25H24ClFN4O2S. The third-order valence-electron chi connectivity index (χ3n) is 5.42. The minimum absolute atomic E-state index is 0.101. The smallest absolute Gasteiger partial charge is 0.255 e. The minimum Gasteiger partial charge on any atom is -0.336 e. The standard InChI is InChI=1S/C25H24ClFN4O2S/c26-22-15-19(27)7-8-21(22)25(33)31-12-10-30(11-13-31)16-23(32)29-20-5-3-4-18(14-20)17-34-24-6-1-2-9-28-24/h1-9,14-15H,10-13,16-17H2,(H,29,32). The van der Waals surface area contributed by atoms with Gasteiger partial charge in [-0.3, -0.25) is 14.5 Å². The molecule has 1 fully saturated rings. The Kier molecular flexibility index (Phi) is 8.16. The number of benzene rings is 2. The number of nitrogens with zero attached hydrogens (tertiary/aromatic N) is 3. The van der Waals surface area contributed by atoms with Crippen LogP contribution in [0.5, 0.6) is 0 Å². The van der Waals surface area contributed by atoms with Gasteiger partial charge >= 0.3 is 0 Å². The number of carbonyl (C=O) groups is 2. The summed E-state index contributed by atoms with van der Waals surface area (Å²) in [6.45, 7) is 2.32. The van der Waals surface area contributed by atoms with Crippen molar-refractivity contribution < 1.29 is 14.0 Å². The van der Waals surface area contributed by atoms with E-state index < -0.39 is 5.82 Å². The van der Waals surface area contributed by atoms with Crippen molar-refractivity contribution in [2.45, 2.75) is 10.8 Å². The first-order chi connectivity index (χ1) is 16.5. The lowest BCUT2D eigenvalue weighted by Crippen LogP contribution is -2.50. The molecule has 4 rings (SSSR count). The number of piperazine rings is 1. The van der Waals surface area contributed by atoms with Crippen molar-refractivity contribution in [3.63, 3.8) is 0 Å². The highest BCUT2D eigenvalue weighted by molar-refractivity contribution is 7.98. The highest BCUT2D eigenvalue weighted by Crippen LogP contribution is 2.22. The van der Waals surface area contributed by atoms with Gasteiger partial charge in [-0.2, -0.15) is 0 Å². The van der Waals surface area contributed by atoms with Crippen molar-refractivity contribution in [2.24, 2.45) is 0 Å². The number of carbonyl (C=O) groups excluding carboxylic acids is 2. The number of halogens is 2. The van der Waals surface area contributed by atoms with Crippen molar-refractivity contribution in [1.29, 1.82) is 0 Å². The molecule has 6 nitrogen and oxygen atoms in total. The van der Waals surface area contributed by atoms with E-state index in [4.69, 9.17) is 11.6 Å². The predicted molar refractivity (Wildman–Crippen MR) is 133 cm³/mol. The number of pyridine rings is 1. The van der Waals surface area contributed by atoms with Crippen LogP contribution in [-0.2, 0) is 10.5 Å². The maximum atomic E-state index is 13.3. The van der Waals surface area contributed by atoms with E-state index in [9.17, 15) is 14.0 Å². The summed E-state index contributed by atoms with van der Waals surface area (Å²) < 4.78 is 13.3. The maximum absolute atomic E-state index is 13.3. The molecule has 1 aliphatic rings. The lowest BCUT2D eigenvalue weighted by Gasteiger charge is -2.34. The van der Waals surface area contributed by atoms with Gasteiger partial charge in [0.2, 0.25) is 5.91 Å². The molecule has 0 atom stereocenters. The van der Waals surface area contributed by atoms with Gasteiger partial charge in [0, 0.05) is 43.8 Å². The first kappa shape index (κ1) is 24.2. The van der Waals surface area contributed by atoms with E-state index in [-0.39, 0.29) is 28.9 Å². The molecule has 34 heavy (non-hydrogen) atoms. The average molecular weight is 499 g/mol. The van der Waals surface area contributed by atoms with E-state index in [1.807, 2.05) is 47.4 Å². The fourth-order valence-electron chi connectivity index (χ4n) is 3.67. The van der Waals surface area contributed by atoms with Crippen LogP contribution in [-0.4, -0.2) is 59.3 Å². The van der Waals surface area contributed by atoms with Crippen LogP contribution in [0.1, 0.15) is 15.9 Å². The fourth-order valence-corrected chi connectivity index (χ4v) is 4.73. The summed E-state index contributed by atoms with van der Waals surface area (Å²) in [6.07, 6.45) is 1.77. The van der Waals surface area contributed by atoms with E-state index in [2.05, 4.69) is 10.3 Å². The Bertz CT molecular complexity index is 1160. The second-order valence-electron chi connectivity index (χ2n) is 7.90. The molecule has 0 saturated carbocycles. The van der Waals surface area contributed by atoms with Crippen LogP contribution in [0.25, 0.3) is 0 Å². The van der Waals surface area contributed by atoms with Crippen LogP contribution in [0, 0.1) is 5.82 Å². The summed E-state index contributed by atoms with van der Waals surface area (Å²) in [7, 11) is 0. The number of thioether (sulfide) groups is 1. The highest BCUT2D eigenvalue weighted by Gasteiger charge is 2.24. The molecule has 0 aliphatic carbocycles.